The summed E-state index contributed by atoms with van der Waals surface area (Å²) in [5.74, 6) is -0.448. The average molecular weight is 429 g/mol. The van der Waals surface area contributed by atoms with Crippen LogP contribution in [0.3, 0.4) is 0 Å². The van der Waals surface area contributed by atoms with Crippen molar-refractivity contribution < 1.29 is 17.2 Å². The molecule has 8 heteroatoms. The van der Waals surface area contributed by atoms with Gasteiger partial charge in [0.2, 0.25) is 0 Å². The smallest absolute Gasteiger partial charge is 0.271 e. The van der Waals surface area contributed by atoms with Crippen LogP contribution in [0.1, 0.15) is 37.2 Å². The number of benzene rings is 2. The molecular weight excluding hydrogens is 408 g/mol. The Bertz CT molecular complexity index is 1210. The number of fused-ring (bicyclic) bond motifs is 1. The van der Waals surface area contributed by atoms with E-state index >= 15 is 0 Å². The van der Waals surface area contributed by atoms with Gasteiger partial charge in [0.1, 0.15) is 11.6 Å². The Morgan fingerprint density at radius 3 is 2.43 bits per heavy atom. The number of rotatable bonds is 4. The topological polar surface area (TPSA) is 62.1 Å². The summed E-state index contributed by atoms with van der Waals surface area (Å²) in [5, 5.41) is 0.830. The minimum atomic E-state index is -3.68. The zero-order valence-electron chi connectivity index (χ0n) is 16.2. The molecule has 1 spiro atoms. The van der Waals surface area contributed by atoms with Crippen molar-refractivity contribution in [3.63, 3.8) is 0 Å². The molecule has 1 saturated heterocycles. The average Bonchev–Trinajstić information content (AvgIpc) is 3.44. The van der Waals surface area contributed by atoms with Crippen LogP contribution in [0.25, 0.3) is 10.9 Å². The summed E-state index contributed by atoms with van der Waals surface area (Å²) in [6.45, 7) is 0.488. The largest absolute Gasteiger partial charge is 0.302 e. The maximum absolute atomic E-state index is 13.8. The van der Waals surface area contributed by atoms with Gasteiger partial charge >= 0.3 is 10.2 Å². The molecule has 1 aromatic heterocycles. The number of hydrogen-bond acceptors (Lipinski definition) is 3. The van der Waals surface area contributed by atoms with Crippen molar-refractivity contribution in [2.24, 2.45) is 0 Å². The van der Waals surface area contributed by atoms with Gasteiger partial charge in [0.05, 0.1) is 11.1 Å². The first-order chi connectivity index (χ1) is 14.4. The Kier molecular flexibility index (Phi) is 4.52. The summed E-state index contributed by atoms with van der Waals surface area (Å²) in [7, 11) is -3.68. The van der Waals surface area contributed by atoms with Crippen molar-refractivity contribution in [1.29, 1.82) is 0 Å². The summed E-state index contributed by atoms with van der Waals surface area (Å²) in [4.78, 5) is 4.32. The van der Waals surface area contributed by atoms with Crippen molar-refractivity contribution >= 4 is 26.8 Å². The fraction of sp³-hybridized carbons (Fsp3) is 0.318. The second-order valence-corrected chi connectivity index (χ2v) is 9.78. The number of aromatic nitrogens is 1. The van der Waals surface area contributed by atoms with Crippen LogP contribution in [-0.4, -0.2) is 29.8 Å². The number of anilines is 1. The van der Waals surface area contributed by atoms with Gasteiger partial charge in [-0.25, -0.2) is 8.78 Å². The fourth-order valence-electron chi connectivity index (χ4n) is 4.66. The molecule has 5 nitrogen and oxygen atoms in total. The van der Waals surface area contributed by atoms with Crippen LogP contribution in [-0.2, 0) is 10.2 Å². The quantitative estimate of drug-likeness (QED) is 0.618. The number of nitrogens with one attached hydrogen (secondary N) is 1. The second kappa shape index (κ2) is 6.99. The highest BCUT2D eigenvalue weighted by Crippen LogP contribution is 2.51. The summed E-state index contributed by atoms with van der Waals surface area (Å²) < 4.78 is 56.4. The Balaban J connectivity index is 1.30. The number of halogens is 2. The monoisotopic (exact) mass is 429 g/mol. The molecule has 156 valence electrons. The first-order valence-electron chi connectivity index (χ1n) is 9.97. The summed E-state index contributed by atoms with van der Waals surface area (Å²) in [5.41, 5.74) is 1.84. The van der Waals surface area contributed by atoms with Gasteiger partial charge in [-0.05, 0) is 85.7 Å². The lowest BCUT2D eigenvalue weighted by Gasteiger charge is -2.30. The highest BCUT2D eigenvalue weighted by Gasteiger charge is 2.59. The van der Waals surface area contributed by atoms with E-state index < -0.39 is 16.0 Å². The summed E-state index contributed by atoms with van der Waals surface area (Å²) >= 11 is 0. The fourth-order valence-corrected chi connectivity index (χ4v) is 6.31. The third kappa shape index (κ3) is 3.44. The van der Waals surface area contributed by atoms with E-state index in [4.69, 9.17) is 0 Å². The normalized spacial score (nSPS) is 26.1. The molecule has 2 fully saturated rings. The molecule has 3 aromatic rings. The molecule has 1 saturated carbocycles. The minimum absolute atomic E-state index is 0.248. The third-order valence-electron chi connectivity index (χ3n) is 6.34. The summed E-state index contributed by atoms with van der Waals surface area (Å²) in [6.07, 6.45) is 4.92. The van der Waals surface area contributed by atoms with Crippen LogP contribution in [0, 0.1) is 11.6 Å². The first kappa shape index (κ1) is 19.4. The molecule has 1 aliphatic carbocycles. The van der Waals surface area contributed by atoms with E-state index in [1.807, 2.05) is 6.07 Å². The van der Waals surface area contributed by atoms with Gasteiger partial charge < -0.3 is 0 Å². The predicted octanol–water partition coefficient (Wildman–Crippen LogP) is 4.58. The van der Waals surface area contributed by atoms with Crippen molar-refractivity contribution in [3.8, 4) is 0 Å². The van der Waals surface area contributed by atoms with Gasteiger partial charge in [0, 0.05) is 23.8 Å². The zero-order chi connectivity index (χ0) is 20.9. The highest BCUT2D eigenvalue weighted by atomic mass is 32.2. The van der Waals surface area contributed by atoms with E-state index in [0.717, 1.165) is 42.1 Å². The van der Waals surface area contributed by atoms with E-state index in [9.17, 15) is 17.2 Å². The molecule has 2 aliphatic rings. The molecule has 0 bridgehead atoms. The van der Waals surface area contributed by atoms with E-state index in [1.165, 1.54) is 40.7 Å². The number of pyridine rings is 1. The predicted molar refractivity (Wildman–Crippen MR) is 111 cm³/mol. The minimum Gasteiger partial charge on any atom is -0.271 e. The van der Waals surface area contributed by atoms with Gasteiger partial charge in [-0.3, -0.25) is 9.71 Å². The maximum Gasteiger partial charge on any atom is 0.302 e. The van der Waals surface area contributed by atoms with Crippen LogP contribution in [0.2, 0.25) is 0 Å². The van der Waals surface area contributed by atoms with Crippen LogP contribution in [0.15, 0.2) is 54.7 Å². The van der Waals surface area contributed by atoms with E-state index in [2.05, 4.69) is 9.71 Å². The standard InChI is InChI=1S/C22H21F2N3O2S/c23-16-1-4-18(5-2-16)26-30(28,29)27-14-22(27)10-7-15(8-11-22)19-9-12-25-21-6-3-17(24)13-20(19)21/h1-6,9,12-13,15,26H,7-8,10-11,14H2. The lowest BCUT2D eigenvalue weighted by molar-refractivity contribution is 0.336. The number of hydrogen-bond donors (Lipinski definition) is 1. The lowest BCUT2D eigenvalue weighted by atomic mass is 9.77. The van der Waals surface area contributed by atoms with E-state index in [1.54, 1.807) is 12.3 Å². The lowest BCUT2D eigenvalue weighted by Crippen LogP contribution is -2.31. The molecule has 0 amide bonds. The van der Waals surface area contributed by atoms with Gasteiger partial charge in [-0.15, -0.1) is 0 Å². The Morgan fingerprint density at radius 1 is 1.00 bits per heavy atom. The van der Waals surface area contributed by atoms with Crippen molar-refractivity contribution in [3.05, 3.63) is 71.9 Å². The highest BCUT2D eigenvalue weighted by molar-refractivity contribution is 7.90. The molecule has 2 heterocycles. The Hall–Kier alpha value is -2.58. The number of nitrogens with zero attached hydrogens (tertiary/aromatic N) is 2. The van der Waals surface area contributed by atoms with Crippen LogP contribution in [0.4, 0.5) is 14.5 Å². The maximum atomic E-state index is 13.8. The second-order valence-electron chi connectivity index (χ2n) is 8.18. The zero-order valence-corrected chi connectivity index (χ0v) is 17.0. The molecule has 1 N–H and O–H groups in total. The molecule has 1 unspecified atom stereocenters. The van der Waals surface area contributed by atoms with Crippen LogP contribution >= 0.6 is 0 Å². The SMILES string of the molecule is O=S(=O)(Nc1ccc(F)cc1)N1CC12CCC(c1ccnc3ccc(F)cc13)CC2. The van der Waals surface area contributed by atoms with Crippen molar-refractivity contribution in [2.75, 3.05) is 11.3 Å². The molecule has 5 rings (SSSR count). The van der Waals surface area contributed by atoms with Crippen molar-refractivity contribution in [1.82, 2.24) is 9.29 Å². The van der Waals surface area contributed by atoms with Gasteiger partial charge in [0.15, 0.2) is 0 Å². The molecule has 2 aromatic carbocycles. The third-order valence-corrected chi connectivity index (χ3v) is 7.93. The van der Waals surface area contributed by atoms with E-state index in [0.29, 0.717) is 12.2 Å². The summed E-state index contributed by atoms with van der Waals surface area (Å²) in [6, 6.07) is 11.8. The van der Waals surface area contributed by atoms with Gasteiger partial charge in [-0.2, -0.15) is 12.7 Å². The van der Waals surface area contributed by atoms with Gasteiger partial charge in [0.25, 0.3) is 0 Å². The molecule has 30 heavy (non-hydrogen) atoms. The molecule has 0 radical (unpaired) electrons. The van der Waals surface area contributed by atoms with Crippen LogP contribution in [0.5, 0.6) is 0 Å². The Labute approximate surface area is 173 Å². The molecule has 1 atom stereocenters. The van der Waals surface area contributed by atoms with Crippen molar-refractivity contribution in [2.45, 2.75) is 37.1 Å². The molecule has 1 aliphatic heterocycles. The van der Waals surface area contributed by atoms with Crippen LogP contribution < -0.4 is 4.72 Å². The Morgan fingerprint density at radius 2 is 1.70 bits per heavy atom. The molecular formula is C22H21F2N3O2S. The van der Waals surface area contributed by atoms with E-state index in [-0.39, 0.29) is 17.3 Å². The first-order valence-corrected chi connectivity index (χ1v) is 11.4. The van der Waals surface area contributed by atoms with Gasteiger partial charge in [-0.1, -0.05) is 0 Å².